The normalized spacial score (nSPS) is 11.4. The van der Waals surface area contributed by atoms with Crippen LogP contribution in [0.5, 0.6) is 5.75 Å². The van der Waals surface area contributed by atoms with E-state index in [0.29, 0.717) is 5.69 Å². The molecule has 0 saturated heterocycles. The standard InChI is InChI=1S/C12H16BrNO4S/c1-9(2)8-19(16,17)18-11-5-3-4-10(6-11)14-12(15)7-13/h3-6,9H,7-8H2,1-2H3,(H,14,15). The molecule has 106 valence electrons. The van der Waals surface area contributed by atoms with E-state index in [4.69, 9.17) is 4.18 Å². The van der Waals surface area contributed by atoms with E-state index in [1.54, 1.807) is 26.0 Å². The van der Waals surface area contributed by atoms with E-state index in [2.05, 4.69) is 21.2 Å². The first-order valence-electron chi connectivity index (χ1n) is 5.70. The number of alkyl halides is 1. The van der Waals surface area contributed by atoms with Crippen LogP contribution < -0.4 is 9.50 Å². The van der Waals surface area contributed by atoms with Crippen molar-refractivity contribution in [1.29, 1.82) is 0 Å². The molecule has 0 heterocycles. The maximum absolute atomic E-state index is 11.7. The van der Waals surface area contributed by atoms with Crippen LogP contribution in [-0.2, 0) is 14.9 Å². The molecule has 19 heavy (non-hydrogen) atoms. The monoisotopic (exact) mass is 349 g/mol. The zero-order valence-electron chi connectivity index (χ0n) is 10.7. The highest BCUT2D eigenvalue weighted by atomic mass is 79.9. The zero-order valence-corrected chi connectivity index (χ0v) is 13.1. The third-order valence-electron chi connectivity index (χ3n) is 2.00. The molecule has 1 aromatic rings. The Hall–Kier alpha value is -1.08. The molecule has 1 N–H and O–H groups in total. The first-order chi connectivity index (χ1) is 8.82. The van der Waals surface area contributed by atoms with Crippen molar-refractivity contribution in [2.45, 2.75) is 13.8 Å². The molecule has 0 aliphatic heterocycles. The lowest BCUT2D eigenvalue weighted by Gasteiger charge is -2.10. The van der Waals surface area contributed by atoms with Crippen LogP contribution in [0.4, 0.5) is 5.69 Å². The first-order valence-corrected chi connectivity index (χ1v) is 8.40. The van der Waals surface area contributed by atoms with Gasteiger partial charge in [0.25, 0.3) is 0 Å². The van der Waals surface area contributed by atoms with Crippen LogP contribution >= 0.6 is 15.9 Å². The number of halogens is 1. The fourth-order valence-corrected chi connectivity index (χ4v) is 2.83. The predicted molar refractivity (Wildman–Crippen MR) is 78.1 cm³/mol. The van der Waals surface area contributed by atoms with Crippen LogP contribution in [0, 0.1) is 5.92 Å². The summed E-state index contributed by atoms with van der Waals surface area (Å²) in [6.07, 6.45) is 0. The Morgan fingerprint density at radius 2 is 2.11 bits per heavy atom. The molecule has 0 aliphatic rings. The summed E-state index contributed by atoms with van der Waals surface area (Å²) in [4.78, 5) is 11.2. The number of hydrogen-bond acceptors (Lipinski definition) is 4. The minimum Gasteiger partial charge on any atom is -0.382 e. The number of anilines is 1. The summed E-state index contributed by atoms with van der Waals surface area (Å²) in [6, 6.07) is 6.27. The molecule has 1 aromatic carbocycles. The largest absolute Gasteiger partial charge is 0.382 e. The summed E-state index contributed by atoms with van der Waals surface area (Å²) in [7, 11) is -3.61. The quantitative estimate of drug-likeness (QED) is 0.632. The molecule has 0 radical (unpaired) electrons. The summed E-state index contributed by atoms with van der Waals surface area (Å²) in [6.45, 7) is 3.60. The maximum atomic E-state index is 11.7. The third-order valence-corrected chi connectivity index (χ3v) is 4.03. The Bertz CT molecular complexity index is 542. The van der Waals surface area contributed by atoms with Crippen LogP contribution in [-0.4, -0.2) is 25.4 Å². The summed E-state index contributed by atoms with van der Waals surface area (Å²) >= 11 is 3.03. The molecule has 0 aliphatic carbocycles. The van der Waals surface area contributed by atoms with Gasteiger partial charge in [0.1, 0.15) is 5.75 Å². The SMILES string of the molecule is CC(C)CS(=O)(=O)Oc1cccc(NC(=O)CBr)c1. The van der Waals surface area contributed by atoms with Crippen molar-refractivity contribution in [1.82, 2.24) is 0 Å². The fourth-order valence-electron chi connectivity index (χ4n) is 1.41. The summed E-state index contributed by atoms with van der Waals surface area (Å²) in [5, 5.41) is 2.77. The van der Waals surface area contributed by atoms with Gasteiger partial charge in [0.2, 0.25) is 5.91 Å². The molecule has 1 rings (SSSR count). The lowest BCUT2D eigenvalue weighted by Crippen LogP contribution is -2.18. The average molecular weight is 350 g/mol. The van der Waals surface area contributed by atoms with Gasteiger partial charge >= 0.3 is 10.1 Å². The molecule has 0 bridgehead atoms. The molecular formula is C12H16BrNO4S. The van der Waals surface area contributed by atoms with Crippen molar-refractivity contribution in [2.75, 3.05) is 16.4 Å². The van der Waals surface area contributed by atoms with Gasteiger partial charge in [-0.2, -0.15) is 8.42 Å². The second-order valence-electron chi connectivity index (χ2n) is 4.41. The third kappa shape index (κ3) is 6.07. The summed E-state index contributed by atoms with van der Waals surface area (Å²) in [5.41, 5.74) is 0.488. The van der Waals surface area contributed by atoms with E-state index in [9.17, 15) is 13.2 Å². The molecule has 5 nitrogen and oxygen atoms in total. The van der Waals surface area contributed by atoms with E-state index in [1.807, 2.05) is 0 Å². The van der Waals surface area contributed by atoms with Crippen molar-refractivity contribution in [3.8, 4) is 5.75 Å². The number of carbonyl (C=O) groups is 1. The van der Waals surface area contributed by atoms with Crippen molar-refractivity contribution in [3.05, 3.63) is 24.3 Å². The average Bonchev–Trinajstić information content (AvgIpc) is 2.26. The minimum atomic E-state index is -3.61. The Morgan fingerprint density at radius 1 is 1.42 bits per heavy atom. The Balaban J connectivity index is 2.80. The molecule has 0 aromatic heterocycles. The van der Waals surface area contributed by atoms with Gasteiger partial charge in [0.05, 0.1) is 11.1 Å². The molecule has 0 saturated carbocycles. The molecular weight excluding hydrogens is 334 g/mol. The fraction of sp³-hybridized carbons (Fsp3) is 0.417. The second kappa shape index (κ2) is 6.91. The van der Waals surface area contributed by atoms with Crippen molar-refractivity contribution in [3.63, 3.8) is 0 Å². The minimum absolute atomic E-state index is 0.0127. The lowest BCUT2D eigenvalue weighted by atomic mass is 10.3. The highest BCUT2D eigenvalue weighted by Crippen LogP contribution is 2.19. The van der Waals surface area contributed by atoms with Crippen molar-refractivity contribution in [2.24, 2.45) is 5.92 Å². The number of amides is 1. The van der Waals surface area contributed by atoms with Crippen molar-refractivity contribution < 1.29 is 17.4 Å². The topological polar surface area (TPSA) is 72.5 Å². The molecule has 0 atom stereocenters. The number of carbonyl (C=O) groups excluding carboxylic acids is 1. The summed E-state index contributed by atoms with van der Waals surface area (Å²) in [5.74, 6) is -0.0955. The Kier molecular flexibility index (Phi) is 5.81. The van der Waals surface area contributed by atoms with Crippen LogP contribution in [0.3, 0.4) is 0 Å². The van der Waals surface area contributed by atoms with E-state index in [0.717, 1.165) is 0 Å². The highest BCUT2D eigenvalue weighted by Gasteiger charge is 2.15. The molecule has 7 heteroatoms. The van der Waals surface area contributed by atoms with E-state index in [-0.39, 0.29) is 28.7 Å². The lowest BCUT2D eigenvalue weighted by molar-refractivity contribution is -0.113. The molecule has 0 spiro atoms. The predicted octanol–water partition coefficient (Wildman–Crippen LogP) is 2.38. The second-order valence-corrected chi connectivity index (χ2v) is 6.59. The van der Waals surface area contributed by atoms with Gasteiger partial charge in [0, 0.05) is 11.8 Å². The van der Waals surface area contributed by atoms with Crippen LogP contribution in [0.25, 0.3) is 0 Å². The van der Waals surface area contributed by atoms with E-state index < -0.39 is 10.1 Å². The maximum Gasteiger partial charge on any atom is 0.309 e. The number of nitrogens with one attached hydrogen (secondary N) is 1. The van der Waals surface area contributed by atoms with E-state index in [1.165, 1.54) is 12.1 Å². The molecule has 1 amide bonds. The molecule has 0 fully saturated rings. The summed E-state index contributed by atoms with van der Waals surface area (Å²) < 4.78 is 28.3. The van der Waals surface area contributed by atoms with Crippen molar-refractivity contribution >= 4 is 37.6 Å². The Morgan fingerprint density at radius 3 is 2.68 bits per heavy atom. The smallest absolute Gasteiger partial charge is 0.309 e. The van der Waals surface area contributed by atoms with Gasteiger partial charge < -0.3 is 9.50 Å². The van der Waals surface area contributed by atoms with Gasteiger partial charge in [-0.15, -0.1) is 0 Å². The van der Waals surface area contributed by atoms with E-state index >= 15 is 0 Å². The van der Waals surface area contributed by atoms with Crippen LogP contribution in [0.1, 0.15) is 13.8 Å². The number of benzene rings is 1. The van der Waals surface area contributed by atoms with Crippen LogP contribution in [0.15, 0.2) is 24.3 Å². The first kappa shape index (κ1) is 16.0. The van der Waals surface area contributed by atoms with Gasteiger partial charge in [-0.25, -0.2) is 0 Å². The Labute approximate surface area is 121 Å². The van der Waals surface area contributed by atoms with Gasteiger partial charge in [-0.3, -0.25) is 4.79 Å². The van der Waals surface area contributed by atoms with Crippen LogP contribution in [0.2, 0.25) is 0 Å². The zero-order chi connectivity index (χ0) is 14.5. The van der Waals surface area contributed by atoms with Gasteiger partial charge in [0.15, 0.2) is 0 Å². The highest BCUT2D eigenvalue weighted by molar-refractivity contribution is 9.09. The number of hydrogen-bond donors (Lipinski definition) is 1. The van der Waals surface area contributed by atoms with Gasteiger partial charge in [-0.05, 0) is 18.1 Å². The number of rotatable bonds is 6. The van der Waals surface area contributed by atoms with Gasteiger partial charge in [-0.1, -0.05) is 35.8 Å². The molecule has 0 unspecified atom stereocenters.